The molecule has 112 valence electrons. The summed E-state index contributed by atoms with van der Waals surface area (Å²) in [7, 11) is 0. The first-order chi connectivity index (χ1) is 9.79. The summed E-state index contributed by atoms with van der Waals surface area (Å²) in [4.78, 5) is 0. The van der Waals surface area contributed by atoms with Crippen LogP contribution < -0.4 is 5.32 Å². The van der Waals surface area contributed by atoms with E-state index in [0.29, 0.717) is 17.5 Å². The third kappa shape index (κ3) is 6.34. The number of anilines is 1. The maximum absolute atomic E-state index is 6.22. The van der Waals surface area contributed by atoms with Gasteiger partial charge in [-0.15, -0.1) is 5.92 Å². The molecule has 0 radical (unpaired) electrons. The van der Waals surface area contributed by atoms with Crippen LogP contribution in [0.1, 0.15) is 64.5 Å². The minimum absolute atomic E-state index is 0.530. The molecule has 4 heteroatoms. The van der Waals surface area contributed by atoms with Gasteiger partial charge in [0.25, 0.3) is 0 Å². The molecule has 0 aromatic carbocycles. The van der Waals surface area contributed by atoms with E-state index in [-0.39, 0.29) is 0 Å². The summed E-state index contributed by atoms with van der Waals surface area (Å²) in [6.07, 6.45) is 9.88. The van der Waals surface area contributed by atoms with Crippen LogP contribution in [0, 0.1) is 11.8 Å². The van der Waals surface area contributed by atoms with Crippen molar-refractivity contribution in [3.8, 4) is 11.8 Å². The Labute approximate surface area is 127 Å². The number of halogens is 1. The minimum Gasteiger partial charge on any atom is -0.342 e. The summed E-state index contributed by atoms with van der Waals surface area (Å²) in [5, 5.41) is 7.65. The molecule has 0 unspecified atom stereocenters. The van der Waals surface area contributed by atoms with Crippen molar-refractivity contribution in [2.75, 3.05) is 11.9 Å². The first kappa shape index (κ1) is 16.9. The van der Waals surface area contributed by atoms with Crippen molar-refractivity contribution in [2.45, 2.75) is 65.2 Å². The van der Waals surface area contributed by atoms with Gasteiger partial charge >= 0.3 is 0 Å². The Balaban J connectivity index is 2.21. The predicted octanol–water partition coefficient (Wildman–Crippen LogP) is 5.06. The lowest BCUT2D eigenvalue weighted by Gasteiger charge is -2.00. The Kier molecular flexibility index (Phi) is 8.98. The first-order valence-electron chi connectivity index (χ1n) is 7.57. The Morgan fingerprint density at radius 1 is 1.15 bits per heavy atom. The Morgan fingerprint density at radius 2 is 1.85 bits per heavy atom. The second-order valence-electron chi connectivity index (χ2n) is 4.92. The van der Waals surface area contributed by atoms with Crippen molar-refractivity contribution in [3.63, 3.8) is 0 Å². The average molecular weight is 297 g/mol. The van der Waals surface area contributed by atoms with Crippen LogP contribution >= 0.6 is 11.6 Å². The van der Waals surface area contributed by atoms with Crippen LogP contribution in [0.4, 0.5) is 5.88 Å². The summed E-state index contributed by atoms with van der Waals surface area (Å²) in [6, 6.07) is 0. The zero-order valence-electron chi connectivity index (χ0n) is 12.6. The molecule has 1 aromatic rings. The average Bonchev–Trinajstić information content (AvgIpc) is 2.80. The van der Waals surface area contributed by atoms with Crippen molar-refractivity contribution in [1.82, 2.24) is 5.16 Å². The lowest BCUT2D eigenvalue weighted by atomic mass is 10.1. The molecule has 0 aliphatic rings. The molecule has 0 spiro atoms. The molecule has 3 nitrogen and oxygen atoms in total. The van der Waals surface area contributed by atoms with E-state index < -0.39 is 0 Å². The van der Waals surface area contributed by atoms with Crippen LogP contribution in [0.25, 0.3) is 0 Å². The maximum atomic E-state index is 6.22. The number of hydrogen-bond donors (Lipinski definition) is 1. The van der Waals surface area contributed by atoms with Crippen molar-refractivity contribution < 1.29 is 4.52 Å². The molecular weight excluding hydrogens is 272 g/mol. The van der Waals surface area contributed by atoms with Crippen LogP contribution in [0.3, 0.4) is 0 Å². The van der Waals surface area contributed by atoms with Crippen LogP contribution in [0.15, 0.2) is 4.52 Å². The minimum atomic E-state index is 0.530. The maximum Gasteiger partial charge on any atom is 0.244 e. The van der Waals surface area contributed by atoms with Gasteiger partial charge in [-0.25, -0.2) is 0 Å². The smallest absolute Gasteiger partial charge is 0.244 e. The van der Waals surface area contributed by atoms with Gasteiger partial charge in [-0.2, -0.15) is 0 Å². The number of unbranched alkanes of at least 4 members (excludes halogenated alkanes) is 6. The van der Waals surface area contributed by atoms with E-state index in [0.717, 1.165) is 18.5 Å². The molecule has 0 atom stereocenters. The fourth-order valence-corrected chi connectivity index (χ4v) is 2.27. The lowest BCUT2D eigenvalue weighted by Crippen LogP contribution is -1.97. The van der Waals surface area contributed by atoms with E-state index in [1.54, 1.807) is 6.92 Å². The monoisotopic (exact) mass is 296 g/mol. The summed E-state index contributed by atoms with van der Waals surface area (Å²) < 4.78 is 5.19. The Morgan fingerprint density at radius 3 is 2.55 bits per heavy atom. The molecule has 1 aromatic heterocycles. The van der Waals surface area contributed by atoms with E-state index in [9.17, 15) is 0 Å². The van der Waals surface area contributed by atoms with E-state index in [1.807, 2.05) is 0 Å². The van der Waals surface area contributed by atoms with Gasteiger partial charge in [0.15, 0.2) is 0 Å². The number of rotatable bonds is 10. The lowest BCUT2D eigenvalue weighted by molar-refractivity contribution is 0.422. The number of aromatic nitrogens is 1. The molecule has 0 amide bonds. The fraction of sp³-hybridized carbons (Fsp3) is 0.688. The van der Waals surface area contributed by atoms with Gasteiger partial charge in [0.05, 0.1) is 6.54 Å². The fourth-order valence-electron chi connectivity index (χ4n) is 2.04. The number of aryl methyl sites for hydroxylation is 1. The molecule has 0 fully saturated rings. The molecular formula is C16H25ClN2O. The van der Waals surface area contributed by atoms with E-state index in [1.165, 1.54) is 38.5 Å². The van der Waals surface area contributed by atoms with Gasteiger partial charge in [-0.3, -0.25) is 0 Å². The second-order valence-corrected chi connectivity index (χ2v) is 5.30. The van der Waals surface area contributed by atoms with Crippen LogP contribution in [0.5, 0.6) is 0 Å². The van der Waals surface area contributed by atoms with Crippen LogP contribution in [-0.4, -0.2) is 11.7 Å². The highest BCUT2D eigenvalue weighted by Crippen LogP contribution is 2.26. The van der Waals surface area contributed by atoms with Crippen LogP contribution in [-0.2, 0) is 6.42 Å². The van der Waals surface area contributed by atoms with Gasteiger partial charge in [-0.1, -0.05) is 68.1 Å². The van der Waals surface area contributed by atoms with Gasteiger partial charge in [0.1, 0.15) is 10.7 Å². The number of nitrogens with zero attached hydrogens (tertiary/aromatic N) is 1. The third-order valence-corrected chi connectivity index (χ3v) is 3.62. The van der Waals surface area contributed by atoms with E-state index in [2.05, 4.69) is 29.2 Å². The molecule has 1 heterocycles. The largest absolute Gasteiger partial charge is 0.342 e. The highest BCUT2D eigenvalue weighted by Gasteiger charge is 2.12. The Bertz CT molecular complexity index is 431. The zero-order chi connectivity index (χ0) is 14.6. The van der Waals surface area contributed by atoms with Gasteiger partial charge < -0.3 is 9.84 Å². The molecule has 0 saturated heterocycles. The molecule has 0 bridgehead atoms. The van der Waals surface area contributed by atoms with Crippen molar-refractivity contribution in [1.29, 1.82) is 0 Å². The molecule has 1 N–H and O–H groups in total. The number of nitrogens with one attached hydrogen (secondary N) is 1. The number of hydrogen-bond acceptors (Lipinski definition) is 3. The van der Waals surface area contributed by atoms with E-state index in [4.69, 9.17) is 16.1 Å². The predicted molar refractivity (Wildman–Crippen MR) is 85.1 cm³/mol. The second kappa shape index (κ2) is 10.6. The van der Waals surface area contributed by atoms with Crippen molar-refractivity contribution in [3.05, 3.63) is 10.7 Å². The highest BCUT2D eigenvalue weighted by atomic mass is 35.5. The molecule has 0 saturated carbocycles. The van der Waals surface area contributed by atoms with Gasteiger partial charge in [0, 0.05) is 0 Å². The summed E-state index contributed by atoms with van der Waals surface area (Å²) in [5.41, 5.74) is 0.854. The molecule has 0 aliphatic heterocycles. The topological polar surface area (TPSA) is 38.1 Å². The molecule has 20 heavy (non-hydrogen) atoms. The third-order valence-electron chi connectivity index (χ3n) is 3.23. The summed E-state index contributed by atoms with van der Waals surface area (Å²) >= 11 is 6.22. The standard InChI is InChI=1S/C16H25ClN2O/c1-3-5-7-8-9-10-11-12-14-15(17)16(20-19-14)18-13-6-4-2/h18H,3,5,7-13H2,1-2H3. The first-order valence-corrected chi connectivity index (χ1v) is 7.95. The molecule has 1 rings (SSSR count). The zero-order valence-corrected chi connectivity index (χ0v) is 13.4. The van der Waals surface area contributed by atoms with Gasteiger partial charge in [-0.05, 0) is 19.8 Å². The van der Waals surface area contributed by atoms with E-state index >= 15 is 0 Å². The molecule has 0 aliphatic carbocycles. The summed E-state index contributed by atoms with van der Waals surface area (Å²) in [5.74, 6) is 6.25. The van der Waals surface area contributed by atoms with Crippen LogP contribution in [0.2, 0.25) is 5.02 Å². The quantitative estimate of drug-likeness (QED) is 0.484. The summed E-state index contributed by atoms with van der Waals surface area (Å²) in [6.45, 7) is 4.57. The Hall–Kier alpha value is -1.14. The normalized spacial score (nSPS) is 10.2. The van der Waals surface area contributed by atoms with Gasteiger partial charge in [0.2, 0.25) is 5.88 Å². The SMILES string of the molecule is CC#CCNc1onc(CCCCCCCCC)c1Cl. The van der Waals surface area contributed by atoms with Crippen molar-refractivity contribution >= 4 is 17.5 Å². The van der Waals surface area contributed by atoms with Crippen molar-refractivity contribution in [2.24, 2.45) is 0 Å². The highest BCUT2D eigenvalue weighted by molar-refractivity contribution is 6.33.